The molecule has 0 aromatic heterocycles. The molecule has 1 unspecified atom stereocenters. The van der Waals surface area contributed by atoms with E-state index >= 15 is 0 Å². The van der Waals surface area contributed by atoms with E-state index in [2.05, 4.69) is 75.4 Å². The van der Waals surface area contributed by atoms with Gasteiger partial charge in [-0.05, 0) is 12.8 Å². The van der Waals surface area contributed by atoms with Gasteiger partial charge in [-0.15, -0.1) is 59.2 Å². The van der Waals surface area contributed by atoms with Crippen molar-refractivity contribution in [3.05, 3.63) is 72.7 Å². The zero-order valence-electron chi connectivity index (χ0n) is 16.0. The summed E-state index contributed by atoms with van der Waals surface area (Å²) in [6, 6.07) is 13.1. The summed E-state index contributed by atoms with van der Waals surface area (Å²) in [6.45, 7) is 8.40. The minimum absolute atomic E-state index is 0.437. The first-order chi connectivity index (χ1) is 12.7. The van der Waals surface area contributed by atoms with Crippen molar-refractivity contribution < 1.29 is 20.8 Å². The van der Waals surface area contributed by atoms with E-state index < -0.39 is 20.8 Å². The van der Waals surface area contributed by atoms with Crippen molar-refractivity contribution in [1.29, 1.82) is 0 Å². The van der Waals surface area contributed by atoms with E-state index in [1.807, 2.05) is 0 Å². The molecule has 2 aromatic rings. The number of hydrogen-bond acceptors (Lipinski definition) is 0. The molecule has 1 atom stereocenters. The van der Waals surface area contributed by atoms with Gasteiger partial charge >= 0.3 is 37.9 Å². The maximum absolute atomic E-state index is 4.93. The van der Waals surface area contributed by atoms with E-state index in [4.69, 9.17) is 17.0 Å². The summed E-state index contributed by atoms with van der Waals surface area (Å²) in [7, 11) is 9.87. The normalized spacial score (nSPS) is 14.8. The van der Waals surface area contributed by atoms with E-state index in [-0.39, 0.29) is 0 Å². The summed E-state index contributed by atoms with van der Waals surface area (Å²) in [5.74, 6) is 0.437. The van der Waals surface area contributed by atoms with Crippen LogP contribution in [0, 0.1) is 12.8 Å². The number of fused-ring (bicyclic) bond motifs is 1. The molecule has 1 aliphatic carbocycles. The van der Waals surface area contributed by atoms with Gasteiger partial charge in [0, 0.05) is 0 Å². The van der Waals surface area contributed by atoms with Gasteiger partial charge in [0.25, 0.3) is 0 Å². The van der Waals surface area contributed by atoms with Crippen LogP contribution in [-0.2, 0) is 27.3 Å². The molecule has 0 amide bonds. The Labute approximate surface area is 178 Å². The zero-order chi connectivity index (χ0) is 19.2. The molecule has 0 spiro atoms. The van der Waals surface area contributed by atoms with Gasteiger partial charge in [-0.25, -0.2) is 0 Å². The molecule has 1 aliphatic rings. The molecular formula is C23H30Cl2Zr. The maximum atomic E-state index is 4.93. The van der Waals surface area contributed by atoms with Crippen molar-refractivity contribution in [3.8, 4) is 0 Å². The first-order valence-electron chi connectivity index (χ1n) is 9.47. The fourth-order valence-corrected chi connectivity index (χ4v) is 2.98. The van der Waals surface area contributed by atoms with Crippen LogP contribution in [0.3, 0.4) is 0 Å². The molecule has 3 heteroatoms. The molecular weight excluding hydrogens is 438 g/mol. The average Bonchev–Trinajstić information content (AvgIpc) is 3.25. The molecule has 0 radical (unpaired) electrons. The van der Waals surface area contributed by atoms with Gasteiger partial charge in [-0.2, -0.15) is 5.56 Å². The molecule has 0 nitrogen and oxygen atoms in total. The number of allylic oxidation sites excluding steroid dienone is 4. The Morgan fingerprint density at radius 3 is 2.35 bits per heavy atom. The third-order valence-electron chi connectivity index (χ3n) is 4.38. The van der Waals surface area contributed by atoms with Gasteiger partial charge in [-0.3, -0.25) is 0 Å². The number of rotatable bonds is 6. The van der Waals surface area contributed by atoms with Crippen LogP contribution in [0.25, 0.3) is 10.8 Å². The van der Waals surface area contributed by atoms with Crippen LogP contribution in [0.2, 0.25) is 0 Å². The van der Waals surface area contributed by atoms with Gasteiger partial charge in [-0.1, -0.05) is 57.2 Å². The van der Waals surface area contributed by atoms with E-state index in [9.17, 15) is 0 Å². The number of halogens is 2. The van der Waals surface area contributed by atoms with Crippen molar-refractivity contribution >= 4 is 27.8 Å². The van der Waals surface area contributed by atoms with Gasteiger partial charge in [0.1, 0.15) is 0 Å². The second-order valence-electron chi connectivity index (χ2n) is 6.49. The molecule has 3 rings (SSSR count). The van der Waals surface area contributed by atoms with Crippen molar-refractivity contribution in [2.45, 2.75) is 52.4 Å². The van der Waals surface area contributed by atoms with Crippen LogP contribution in [0.15, 0.2) is 60.2 Å². The van der Waals surface area contributed by atoms with Gasteiger partial charge in [0.05, 0.1) is 0 Å². The topological polar surface area (TPSA) is 0 Å². The standard InChI is InChI=1S/C13H15.C10H15.2ClH.Zr/c1-2-3-6-11-9-10-12-7-4-5-8-13(11)12;1-3-4-5-10-7-6-9(2)8-10;;;/h4-5,7-10H,2-3,6H2,1H3;6-9H,2-5H2,1H3;2*1H;/q2*-1;;;+4/p-2. The van der Waals surface area contributed by atoms with Crippen LogP contribution in [0.4, 0.5) is 0 Å². The molecule has 0 heterocycles. The fourth-order valence-electron chi connectivity index (χ4n) is 2.98. The molecule has 0 saturated heterocycles. The summed E-state index contributed by atoms with van der Waals surface area (Å²) in [6.07, 6.45) is 14.2. The summed E-state index contributed by atoms with van der Waals surface area (Å²) in [4.78, 5) is 0. The predicted molar refractivity (Wildman–Crippen MR) is 115 cm³/mol. The van der Waals surface area contributed by atoms with Crippen LogP contribution >= 0.6 is 17.0 Å². The summed E-state index contributed by atoms with van der Waals surface area (Å²) >= 11 is -0.826. The van der Waals surface area contributed by atoms with Crippen molar-refractivity contribution in [2.75, 3.05) is 0 Å². The molecule has 26 heavy (non-hydrogen) atoms. The monoisotopic (exact) mass is 466 g/mol. The fraction of sp³-hybridized carbons (Fsp3) is 0.391. The number of unbranched alkanes of at least 4 members (excludes halogenated alkanes) is 2. The Hall–Kier alpha value is -0.227. The summed E-state index contributed by atoms with van der Waals surface area (Å²) in [5.41, 5.74) is 2.99. The summed E-state index contributed by atoms with van der Waals surface area (Å²) < 4.78 is 0. The molecule has 0 saturated carbocycles. The average molecular weight is 469 g/mol. The van der Waals surface area contributed by atoms with E-state index in [1.54, 1.807) is 0 Å². The quantitative estimate of drug-likeness (QED) is 0.373. The van der Waals surface area contributed by atoms with E-state index in [0.717, 1.165) is 0 Å². The van der Waals surface area contributed by atoms with Gasteiger partial charge in [0.15, 0.2) is 0 Å². The van der Waals surface area contributed by atoms with Crippen molar-refractivity contribution in [3.63, 3.8) is 0 Å². The first kappa shape index (κ1) is 23.8. The molecule has 0 aliphatic heterocycles. The van der Waals surface area contributed by atoms with Crippen LogP contribution in [0.1, 0.15) is 51.5 Å². The molecule has 2 aromatic carbocycles. The first-order valence-corrected chi connectivity index (χ1v) is 15.8. The zero-order valence-corrected chi connectivity index (χ0v) is 19.9. The SMILES string of the molecule is CCCCc1c[cH-]c2ccccc12.[CH2-]C1C=CC(CCCC)=C1.[Cl][Zr+2][Cl]. The predicted octanol–water partition coefficient (Wildman–Crippen LogP) is 8.40. The Kier molecular flexibility index (Phi) is 13.5. The van der Waals surface area contributed by atoms with E-state index in [1.165, 1.54) is 60.4 Å². The number of benzene rings is 1. The Balaban J connectivity index is 0.000000233. The summed E-state index contributed by atoms with van der Waals surface area (Å²) in [5, 5.41) is 2.82. The van der Waals surface area contributed by atoms with Crippen LogP contribution in [-0.4, -0.2) is 0 Å². The van der Waals surface area contributed by atoms with Gasteiger partial charge < -0.3 is 6.92 Å². The molecule has 0 bridgehead atoms. The van der Waals surface area contributed by atoms with E-state index in [0.29, 0.717) is 5.92 Å². The third-order valence-corrected chi connectivity index (χ3v) is 4.38. The van der Waals surface area contributed by atoms with Gasteiger partial charge in [0.2, 0.25) is 0 Å². The molecule has 140 valence electrons. The second-order valence-corrected chi connectivity index (χ2v) is 10.2. The number of hydrogen-bond donors (Lipinski definition) is 0. The minimum atomic E-state index is -0.826. The van der Waals surface area contributed by atoms with Crippen molar-refractivity contribution in [2.24, 2.45) is 5.92 Å². The van der Waals surface area contributed by atoms with Crippen LogP contribution in [0.5, 0.6) is 0 Å². The Bertz CT molecular complexity index is 670. The molecule has 0 fully saturated rings. The Morgan fingerprint density at radius 1 is 1.08 bits per heavy atom. The second kappa shape index (κ2) is 14.8. The Morgan fingerprint density at radius 2 is 1.73 bits per heavy atom. The third kappa shape index (κ3) is 9.12. The number of aryl methyl sites for hydroxylation is 1. The molecule has 0 N–H and O–H groups in total. The van der Waals surface area contributed by atoms with Crippen molar-refractivity contribution in [1.82, 2.24) is 0 Å². The van der Waals surface area contributed by atoms with Crippen LogP contribution < -0.4 is 0 Å².